The van der Waals surface area contributed by atoms with Crippen LogP contribution in [-0.4, -0.2) is 47.6 Å². The average molecular weight is 395 g/mol. The summed E-state index contributed by atoms with van der Waals surface area (Å²) in [7, 11) is 1.62. The number of methoxy groups -OCH3 is 1. The van der Waals surface area contributed by atoms with E-state index in [-0.39, 0.29) is 18.6 Å². The molecular formula is C22H25N3O4. The van der Waals surface area contributed by atoms with E-state index in [1.807, 2.05) is 24.3 Å². The van der Waals surface area contributed by atoms with E-state index in [1.54, 1.807) is 24.1 Å². The Morgan fingerprint density at radius 1 is 1.10 bits per heavy atom. The highest BCUT2D eigenvalue weighted by Crippen LogP contribution is 2.29. The summed E-state index contributed by atoms with van der Waals surface area (Å²) in [4.78, 5) is 31.0. The number of carbonyl (C=O) groups excluding carboxylic acids is 2. The molecule has 2 fully saturated rings. The lowest BCUT2D eigenvalue weighted by Crippen LogP contribution is -2.36. The van der Waals surface area contributed by atoms with Gasteiger partial charge in [-0.15, -0.1) is 0 Å². The van der Waals surface area contributed by atoms with Crippen molar-refractivity contribution in [1.82, 2.24) is 9.88 Å². The summed E-state index contributed by atoms with van der Waals surface area (Å²) < 4.78 is 10.4. The molecule has 4 rings (SSSR count). The Balaban J connectivity index is 1.30. The van der Waals surface area contributed by atoms with Crippen LogP contribution in [-0.2, 0) is 16.1 Å². The molecule has 0 unspecified atom stereocenters. The van der Waals surface area contributed by atoms with E-state index in [9.17, 15) is 9.59 Å². The first-order valence-corrected chi connectivity index (χ1v) is 9.94. The van der Waals surface area contributed by atoms with Gasteiger partial charge in [-0.05, 0) is 55.5 Å². The van der Waals surface area contributed by atoms with Gasteiger partial charge in [-0.25, -0.2) is 9.78 Å². The number of pyridine rings is 1. The van der Waals surface area contributed by atoms with E-state index >= 15 is 0 Å². The summed E-state index contributed by atoms with van der Waals surface area (Å²) in [6.07, 6.45) is 5.75. The van der Waals surface area contributed by atoms with Crippen molar-refractivity contribution in [2.75, 3.05) is 19.0 Å². The van der Waals surface area contributed by atoms with Crippen molar-refractivity contribution in [1.29, 1.82) is 0 Å². The highest BCUT2D eigenvalue weighted by molar-refractivity contribution is 5.91. The minimum absolute atomic E-state index is 0.184. The number of aromatic nitrogens is 1. The van der Waals surface area contributed by atoms with Gasteiger partial charge in [-0.2, -0.15) is 0 Å². The molecule has 152 valence electrons. The highest BCUT2D eigenvalue weighted by Gasteiger charge is 2.33. The fourth-order valence-corrected chi connectivity index (χ4v) is 3.07. The van der Waals surface area contributed by atoms with Crippen molar-refractivity contribution < 1.29 is 19.1 Å². The zero-order valence-corrected chi connectivity index (χ0v) is 16.5. The van der Waals surface area contributed by atoms with Crippen LogP contribution in [0.15, 0.2) is 42.6 Å². The molecule has 29 heavy (non-hydrogen) atoms. The second-order valence-electron chi connectivity index (χ2n) is 7.53. The van der Waals surface area contributed by atoms with Gasteiger partial charge < -0.3 is 19.7 Å². The molecule has 1 N–H and O–H groups in total. The maximum Gasteiger partial charge on any atom is 0.340 e. The van der Waals surface area contributed by atoms with Gasteiger partial charge >= 0.3 is 5.97 Å². The predicted octanol–water partition coefficient (Wildman–Crippen LogP) is 3.01. The molecule has 0 saturated heterocycles. The van der Waals surface area contributed by atoms with Gasteiger partial charge in [0.15, 0.2) is 6.61 Å². The number of hydrogen-bond donors (Lipinski definition) is 1. The van der Waals surface area contributed by atoms with Crippen molar-refractivity contribution in [2.24, 2.45) is 0 Å². The number of ether oxygens (including phenoxy) is 2. The van der Waals surface area contributed by atoms with Gasteiger partial charge in [-0.3, -0.25) is 4.79 Å². The zero-order valence-electron chi connectivity index (χ0n) is 16.5. The molecule has 1 amide bonds. The van der Waals surface area contributed by atoms with E-state index in [2.05, 4.69) is 10.3 Å². The Hall–Kier alpha value is -3.09. The van der Waals surface area contributed by atoms with E-state index in [0.29, 0.717) is 18.2 Å². The SMILES string of the molecule is COc1ccc(CN(C(=O)COC(=O)c2ccc(NC3CC3)nc2)C2CC2)cc1. The predicted molar refractivity (Wildman–Crippen MR) is 108 cm³/mol. The van der Waals surface area contributed by atoms with Gasteiger partial charge in [0.05, 0.1) is 12.7 Å². The molecule has 2 aliphatic carbocycles. The first-order valence-electron chi connectivity index (χ1n) is 9.94. The molecule has 7 nitrogen and oxygen atoms in total. The number of hydrogen-bond acceptors (Lipinski definition) is 6. The van der Waals surface area contributed by atoms with Crippen LogP contribution >= 0.6 is 0 Å². The number of nitrogens with zero attached hydrogens (tertiary/aromatic N) is 2. The summed E-state index contributed by atoms with van der Waals surface area (Å²) >= 11 is 0. The molecule has 0 spiro atoms. The fourth-order valence-electron chi connectivity index (χ4n) is 3.07. The Kier molecular flexibility index (Phi) is 5.64. The second kappa shape index (κ2) is 8.51. The minimum Gasteiger partial charge on any atom is -0.497 e. The normalized spacial score (nSPS) is 15.5. The Morgan fingerprint density at radius 3 is 2.45 bits per heavy atom. The quantitative estimate of drug-likeness (QED) is 0.658. The summed E-state index contributed by atoms with van der Waals surface area (Å²) in [5.41, 5.74) is 1.35. The number of anilines is 1. The van der Waals surface area contributed by atoms with Crippen molar-refractivity contribution in [3.63, 3.8) is 0 Å². The molecule has 7 heteroatoms. The standard InChI is InChI=1S/C22H25N3O4/c1-28-19-9-2-15(3-10-19)13-25(18-7-8-18)21(26)14-29-22(27)16-4-11-20(23-12-16)24-17-5-6-17/h2-4,9-12,17-18H,5-8,13-14H2,1H3,(H,23,24). The molecule has 1 heterocycles. The largest absolute Gasteiger partial charge is 0.497 e. The van der Waals surface area contributed by atoms with Crippen LogP contribution in [0.3, 0.4) is 0 Å². The molecule has 2 saturated carbocycles. The van der Waals surface area contributed by atoms with Crippen LogP contribution in [0.2, 0.25) is 0 Å². The smallest absolute Gasteiger partial charge is 0.340 e. The third kappa shape index (κ3) is 5.25. The molecule has 0 atom stereocenters. The molecule has 0 aliphatic heterocycles. The number of rotatable bonds is 9. The van der Waals surface area contributed by atoms with Crippen LogP contribution in [0.5, 0.6) is 5.75 Å². The summed E-state index contributed by atoms with van der Waals surface area (Å²) in [5.74, 6) is 0.805. The zero-order chi connectivity index (χ0) is 20.2. The number of benzene rings is 1. The lowest BCUT2D eigenvalue weighted by molar-refractivity contribution is -0.135. The molecule has 2 aromatic rings. The van der Waals surface area contributed by atoms with Crippen molar-refractivity contribution in [3.8, 4) is 5.75 Å². The maximum atomic E-state index is 12.7. The molecule has 1 aromatic carbocycles. The molecule has 0 bridgehead atoms. The van der Waals surface area contributed by atoms with Crippen LogP contribution in [0.25, 0.3) is 0 Å². The summed E-state index contributed by atoms with van der Waals surface area (Å²) in [6.45, 7) is 0.224. The minimum atomic E-state index is -0.538. The highest BCUT2D eigenvalue weighted by atomic mass is 16.5. The first kappa shape index (κ1) is 19.2. The van der Waals surface area contributed by atoms with Gasteiger partial charge in [0.1, 0.15) is 11.6 Å². The summed E-state index contributed by atoms with van der Waals surface area (Å²) in [5, 5.41) is 3.27. The van der Waals surface area contributed by atoms with Gasteiger partial charge in [0, 0.05) is 24.8 Å². The van der Waals surface area contributed by atoms with Crippen LogP contribution < -0.4 is 10.1 Å². The van der Waals surface area contributed by atoms with Crippen LogP contribution in [0.4, 0.5) is 5.82 Å². The van der Waals surface area contributed by atoms with Gasteiger partial charge in [0.2, 0.25) is 0 Å². The number of carbonyl (C=O) groups is 2. The van der Waals surface area contributed by atoms with Crippen LogP contribution in [0.1, 0.15) is 41.6 Å². The third-order valence-corrected chi connectivity index (χ3v) is 5.08. The topological polar surface area (TPSA) is 80.8 Å². The molecule has 1 aromatic heterocycles. The third-order valence-electron chi connectivity index (χ3n) is 5.08. The van der Waals surface area contributed by atoms with Gasteiger partial charge in [-0.1, -0.05) is 12.1 Å². The Labute approximate surface area is 170 Å². The molecular weight excluding hydrogens is 370 g/mol. The van der Waals surface area contributed by atoms with E-state index in [1.165, 1.54) is 6.20 Å². The number of esters is 1. The average Bonchev–Trinajstić information content (AvgIpc) is 3.66. The Bertz CT molecular complexity index is 859. The van der Waals surface area contributed by atoms with E-state index in [0.717, 1.165) is 42.8 Å². The van der Waals surface area contributed by atoms with Crippen molar-refractivity contribution in [2.45, 2.75) is 44.3 Å². The summed E-state index contributed by atoms with van der Waals surface area (Å²) in [6, 6.07) is 11.8. The van der Waals surface area contributed by atoms with Crippen LogP contribution in [0, 0.1) is 0 Å². The van der Waals surface area contributed by atoms with Crippen molar-refractivity contribution >= 4 is 17.7 Å². The first-order chi connectivity index (χ1) is 14.1. The number of nitrogens with one attached hydrogen (secondary N) is 1. The van der Waals surface area contributed by atoms with E-state index in [4.69, 9.17) is 9.47 Å². The number of amides is 1. The van der Waals surface area contributed by atoms with Gasteiger partial charge in [0.25, 0.3) is 5.91 Å². The molecule has 2 aliphatic rings. The lowest BCUT2D eigenvalue weighted by Gasteiger charge is -2.22. The Morgan fingerprint density at radius 2 is 1.86 bits per heavy atom. The van der Waals surface area contributed by atoms with Crippen molar-refractivity contribution in [3.05, 3.63) is 53.7 Å². The fraction of sp³-hybridized carbons (Fsp3) is 0.409. The maximum absolute atomic E-state index is 12.7. The lowest BCUT2D eigenvalue weighted by atomic mass is 10.2. The monoisotopic (exact) mass is 395 g/mol. The second-order valence-corrected chi connectivity index (χ2v) is 7.53. The molecule has 0 radical (unpaired) electrons. The van der Waals surface area contributed by atoms with E-state index < -0.39 is 5.97 Å².